The van der Waals surface area contributed by atoms with E-state index in [0.717, 1.165) is 11.4 Å². The van der Waals surface area contributed by atoms with Crippen LogP contribution in [0.4, 0.5) is 16.5 Å². The lowest BCUT2D eigenvalue weighted by atomic mass is 10.1. The first-order valence-corrected chi connectivity index (χ1v) is 10.4. The van der Waals surface area contributed by atoms with Crippen LogP contribution < -0.4 is 10.2 Å². The van der Waals surface area contributed by atoms with E-state index in [1.54, 1.807) is 23.0 Å². The van der Waals surface area contributed by atoms with Gasteiger partial charge in [-0.15, -0.1) is 11.3 Å². The molecule has 1 atom stereocenters. The molecule has 154 valence electrons. The van der Waals surface area contributed by atoms with E-state index in [-0.39, 0.29) is 11.8 Å². The van der Waals surface area contributed by atoms with E-state index in [0.29, 0.717) is 29.5 Å². The summed E-state index contributed by atoms with van der Waals surface area (Å²) in [5.41, 5.74) is 2.81. The van der Waals surface area contributed by atoms with Crippen molar-refractivity contribution >= 4 is 39.7 Å². The van der Waals surface area contributed by atoms with Crippen LogP contribution in [0.3, 0.4) is 0 Å². The molecule has 2 amide bonds. The maximum atomic E-state index is 13.1. The number of ether oxygens (including phenoxy) is 1. The van der Waals surface area contributed by atoms with E-state index in [1.165, 1.54) is 18.3 Å². The zero-order valence-corrected chi connectivity index (χ0v) is 17.6. The van der Waals surface area contributed by atoms with Gasteiger partial charge >= 0.3 is 0 Å². The zero-order valence-electron chi connectivity index (χ0n) is 16.7. The number of nitrogens with zero attached hydrogens (tertiary/aromatic N) is 3. The molecule has 1 N–H and O–H groups in total. The Balaban J connectivity index is 1.70. The fourth-order valence-corrected chi connectivity index (χ4v) is 4.36. The Morgan fingerprint density at radius 2 is 1.93 bits per heavy atom. The van der Waals surface area contributed by atoms with Gasteiger partial charge in [-0.25, -0.2) is 4.98 Å². The lowest BCUT2D eigenvalue weighted by Crippen LogP contribution is -2.44. The van der Waals surface area contributed by atoms with Gasteiger partial charge in [0.05, 0.1) is 23.6 Å². The van der Waals surface area contributed by atoms with Gasteiger partial charge in [0.1, 0.15) is 6.17 Å². The van der Waals surface area contributed by atoms with Crippen LogP contribution in [0, 0.1) is 0 Å². The minimum absolute atomic E-state index is 0.0765. The molecule has 1 aliphatic heterocycles. The van der Waals surface area contributed by atoms with Gasteiger partial charge in [-0.2, -0.15) is 0 Å². The van der Waals surface area contributed by atoms with Crippen molar-refractivity contribution in [2.45, 2.75) is 13.1 Å². The lowest BCUT2D eigenvalue weighted by Gasteiger charge is -2.36. The summed E-state index contributed by atoms with van der Waals surface area (Å²) < 4.78 is 5.21. The Morgan fingerprint density at radius 3 is 2.67 bits per heavy atom. The Bertz CT molecular complexity index is 1050. The molecule has 1 aromatic heterocycles. The number of nitrogens with one attached hydrogen (secondary N) is 1. The molecular weight excluding hydrogens is 400 g/mol. The second-order valence-corrected chi connectivity index (χ2v) is 7.67. The van der Waals surface area contributed by atoms with Crippen molar-refractivity contribution in [2.24, 2.45) is 0 Å². The molecule has 0 spiro atoms. The van der Waals surface area contributed by atoms with Crippen molar-refractivity contribution in [3.8, 4) is 0 Å². The highest BCUT2D eigenvalue weighted by Crippen LogP contribution is 2.36. The summed E-state index contributed by atoms with van der Waals surface area (Å²) in [6.45, 7) is 2.34. The number of hydrogen-bond donors (Lipinski definition) is 1. The lowest BCUT2D eigenvalue weighted by molar-refractivity contribution is -0.115. The predicted molar refractivity (Wildman–Crippen MR) is 117 cm³/mol. The van der Waals surface area contributed by atoms with E-state index in [4.69, 9.17) is 9.72 Å². The van der Waals surface area contributed by atoms with Crippen molar-refractivity contribution in [1.29, 1.82) is 0 Å². The molecule has 2 aromatic carbocycles. The summed E-state index contributed by atoms with van der Waals surface area (Å²) in [4.78, 5) is 33.5. The van der Waals surface area contributed by atoms with E-state index in [2.05, 4.69) is 5.32 Å². The van der Waals surface area contributed by atoms with Crippen LogP contribution in [0.15, 0.2) is 60.0 Å². The Morgan fingerprint density at radius 1 is 1.20 bits per heavy atom. The van der Waals surface area contributed by atoms with Gasteiger partial charge in [0.25, 0.3) is 5.91 Å². The summed E-state index contributed by atoms with van der Waals surface area (Å²) in [5, 5.41) is 5.85. The first-order valence-electron chi connectivity index (χ1n) is 9.57. The number of carbonyl (C=O) groups is 2. The maximum absolute atomic E-state index is 13.1. The van der Waals surface area contributed by atoms with Gasteiger partial charge in [0, 0.05) is 31.6 Å². The highest BCUT2D eigenvalue weighted by Gasteiger charge is 2.34. The maximum Gasteiger partial charge on any atom is 0.257 e. The minimum atomic E-state index is -0.447. The molecule has 0 saturated carbocycles. The summed E-state index contributed by atoms with van der Waals surface area (Å²) in [6, 6.07) is 16.8. The zero-order chi connectivity index (χ0) is 21.1. The molecular formula is C22H22N4O3S. The number of rotatable bonds is 6. The second-order valence-electron chi connectivity index (χ2n) is 6.83. The normalized spacial score (nSPS) is 15.5. The molecule has 0 radical (unpaired) electrons. The van der Waals surface area contributed by atoms with Crippen LogP contribution >= 0.6 is 11.3 Å². The van der Waals surface area contributed by atoms with Crippen molar-refractivity contribution in [2.75, 3.05) is 30.5 Å². The van der Waals surface area contributed by atoms with Crippen molar-refractivity contribution in [3.05, 3.63) is 71.2 Å². The average molecular weight is 423 g/mol. The molecule has 1 aliphatic rings. The third-order valence-corrected chi connectivity index (χ3v) is 5.71. The Hall–Kier alpha value is -3.23. The molecule has 0 aliphatic carbocycles. The summed E-state index contributed by atoms with van der Waals surface area (Å²) >= 11 is 1.37. The second kappa shape index (κ2) is 8.64. The number of aromatic nitrogens is 1. The van der Waals surface area contributed by atoms with Gasteiger partial charge < -0.3 is 15.0 Å². The summed E-state index contributed by atoms with van der Waals surface area (Å²) in [6.07, 6.45) is -0.447. The van der Waals surface area contributed by atoms with Crippen LogP contribution in [-0.2, 0) is 9.53 Å². The number of anilines is 3. The average Bonchev–Trinajstić information content (AvgIpc) is 3.23. The van der Waals surface area contributed by atoms with E-state index < -0.39 is 6.17 Å². The number of amides is 2. The molecule has 0 unspecified atom stereocenters. The standard InChI is InChI=1S/C22H22N4O3S/c1-15(27)26(16-8-4-3-5-9-16)22-24-19(14-30-22)20-23-18-11-7-6-10-17(18)21(28)25(20)12-13-29-2/h3-11,14,20,23H,12-13H2,1-2H3/t20-/m0/s1. The molecule has 0 saturated heterocycles. The van der Waals surface area contributed by atoms with Gasteiger partial charge in [-0.3, -0.25) is 14.5 Å². The van der Waals surface area contributed by atoms with Gasteiger partial charge in [-0.05, 0) is 24.3 Å². The van der Waals surface area contributed by atoms with Crippen LogP contribution in [0.1, 0.15) is 29.1 Å². The molecule has 4 rings (SSSR count). The summed E-state index contributed by atoms with van der Waals surface area (Å²) in [5.74, 6) is -0.205. The van der Waals surface area contributed by atoms with Crippen molar-refractivity contribution in [3.63, 3.8) is 0 Å². The number of thiazole rings is 1. The first-order chi connectivity index (χ1) is 14.6. The molecule has 7 nitrogen and oxygen atoms in total. The number of hydrogen-bond acceptors (Lipinski definition) is 6. The number of carbonyl (C=O) groups excluding carboxylic acids is 2. The fourth-order valence-electron chi connectivity index (χ4n) is 3.46. The highest BCUT2D eigenvalue weighted by molar-refractivity contribution is 7.14. The third kappa shape index (κ3) is 3.79. The van der Waals surface area contributed by atoms with Crippen LogP contribution in [0.25, 0.3) is 0 Å². The number of benzene rings is 2. The predicted octanol–water partition coefficient (Wildman–Crippen LogP) is 4.04. The first kappa shape index (κ1) is 20.1. The van der Waals surface area contributed by atoms with Crippen LogP contribution in [0.2, 0.25) is 0 Å². The fraction of sp³-hybridized carbons (Fsp3) is 0.227. The number of para-hydroxylation sites is 2. The Labute approximate surface area is 178 Å². The highest BCUT2D eigenvalue weighted by atomic mass is 32.1. The molecule has 0 fully saturated rings. The quantitative estimate of drug-likeness (QED) is 0.649. The smallest absolute Gasteiger partial charge is 0.257 e. The molecule has 8 heteroatoms. The van der Waals surface area contributed by atoms with E-state index >= 15 is 0 Å². The number of methoxy groups -OCH3 is 1. The summed E-state index contributed by atoms with van der Waals surface area (Å²) in [7, 11) is 1.61. The monoisotopic (exact) mass is 422 g/mol. The number of fused-ring (bicyclic) bond motifs is 1. The minimum Gasteiger partial charge on any atom is -0.383 e. The molecule has 2 heterocycles. The van der Waals surface area contributed by atoms with Crippen LogP contribution in [-0.4, -0.2) is 42.0 Å². The topological polar surface area (TPSA) is 74.8 Å². The SMILES string of the molecule is COCCN1C(=O)c2ccccc2N[C@@H]1c1csc(N(C(C)=O)c2ccccc2)n1. The molecule has 3 aromatic rings. The van der Waals surface area contributed by atoms with Crippen LogP contribution in [0.5, 0.6) is 0 Å². The Kier molecular flexibility index (Phi) is 5.78. The van der Waals surface area contributed by atoms with E-state index in [1.807, 2.05) is 53.9 Å². The molecule has 0 bridgehead atoms. The third-order valence-electron chi connectivity index (χ3n) is 4.87. The van der Waals surface area contributed by atoms with Gasteiger partial charge in [0.15, 0.2) is 5.13 Å². The molecule has 30 heavy (non-hydrogen) atoms. The largest absolute Gasteiger partial charge is 0.383 e. The van der Waals surface area contributed by atoms with Crippen molar-refractivity contribution < 1.29 is 14.3 Å². The van der Waals surface area contributed by atoms with Gasteiger partial charge in [-0.1, -0.05) is 30.3 Å². The van der Waals surface area contributed by atoms with Crippen molar-refractivity contribution in [1.82, 2.24) is 9.88 Å². The van der Waals surface area contributed by atoms with Gasteiger partial charge in [0.2, 0.25) is 5.91 Å². The van der Waals surface area contributed by atoms with E-state index in [9.17, 15) is 9.59 Å².